The lowest BCUT2D eigenvalue weighted by molar-refractivity contribution is 0.200. The lowest BCUT2D eigenvalue weighted by Crippen LogP contribution is -2.21. The molecule has 0 saturated heterocycles. The van der Waals surface area contributed by atoms with E-state index in [-0.39, 0.29) is 5.82 Å². The van der Waals surface area contributed by atoms with Crippen LogP contribution < -0.4 is 4.74 Å². The molecule has 0 radical (unpaired) electrons. The van der Waals surface area contributed by atoms with Gasteiger partial charge in [0.25, 0.3) is 0 Å². The molecule has 0 saturated carbocycles. The topological polar surface area (TPSA) is 50.5 Å². The Kier molecular flexibility index (Phi) is 4.93. The molecule has 1 aromatic heterocycles. The number of hydrogen-bond donors (Lipinski definition) is 1. The molecule has 1 atom stereocenters. The molecular formula is C15H20FN3O2. The number of ether oxygens (including phenoxy) is 1. The molecule has 0 aliphatic rings. The van der Waals surface area contributed by atoms with E-state index in [0.29, 0.717) is 23.6 Å². The van der Waals surface area contributed by atoms with Crippen molar-refractivity contribution in [3.63, 3.8) is 0 Å². The summed E-state index contributed by atoms with van der Waals surface area (Å²) in [6.45, 7) is 1.38. The molecule has 0 fully saturated rings. The van der Waals surface area contributed by atoms with Crippen molar-refractivity contribution in [2.75, 3.05) is 27.7 Å². The smallest absolute Gasteiger partial charge is 0.163 e. The van der Waals surface area contributed by atoms with Gasteiger partial charge in [0.1, 0.15) is 17.6 Å². The van der Waals surface area contributed by atoms with Gasteiger partial charge in [-0.15, -0.1) is 0 Å². The van der Waals surface area contributed by atoms with Crippen LogP contribution >= 0.6 is 0 Å². The van der Waals surface area contributed by atoms with Crippen LogP contribution in [0.3, 0.4) is 0 Å². The Morgan fingerprint density at radius 2 is 2.19 bits per heavy atom. The van der Waals surface area contributed by atoms with Crippen molar-refractivity contribution in [1.29, 1.82) is 0 Å². The average molecular weight is 293 g/mol. The molecule has 0 aliphatic heterocycles. The highest BCUT2D eigenvalue weighted by molar-refractivity contribution is 5.35. The fourth-order valence-electron chi connectivity index (χ4n) is 2.12. The molecule has 0 bridgehead atoms. The van der Waals surface area contributed by atoms with Gasteiger partial charge in [0, 0.05) is 6.54 Å². The molecule has 0 aliphatic carbocycles. The first kappa shape index (κ1) is 15.5. The van der Waals surface area contributed by atoms with Crippen LogP contribution in [0.5, 0.6) is 5.75 Å². The molecule has 0 spiro atoms. The third-order valence-electron chi connectivity index (χ3n) is 3.25. The molecule has 21 heavy (non-hydrogen) atoms. The number of nitrogens with zero attached hydrogens (tertiary/aromatic N) is 3. The van der Waals surface area contributed by atoms with Crippen molar-refractivity contribution >= 4 is 0 Å². The first-order valence-corrected chi connectivity index (χ1v) is 6.71. The van der Waals surface area contributed by atoms with E-state index in [4.69, 9.17) is 4.74 Å². The van der Waals surface area contributed by atoms with Gasteiger partial charge in [-0.05, 0) is 31.8 Å². The lowest BCUT2D eigenvalue weighted by Gasteiger charge is -2.17. The molecule has 1 unspecified atom stereocenters. The second kappa shape index (κ2) is 6.69. The number of halogens is 1. The summed E-state index contributed by atoms with van der Waals surface area (Å²) in [7, 11) is 5.45. The molecule has 6 heteroatoms. The van der Waals surface area contributed by atoms with Crippen LogP contribution in [0.2, 0.25) is 0 Å². The van der Waals surface area contributed by atoms with Gasteiger partial charge in [-0.3, -0.25) is 4.68 Å². The fourth-order valence-corrected chi connectivity index (χ4v) is 2.12. The highest BCUT2D eigenvalue weighted by atomic mass is 19.1. The average Bonchev–Trinajstić information content (AvgIpc) is 2.87. The largest absolute Gasteiger partial charge is 0.493 e. The normalized spacial score (nSPS) is 12.7. The van der Waals surface area contributed by atoms with E-state index >= 15 is 0 Å². The van der Waals surface area contributed by atoms with E-state index in [2.05, 4.69) is 5.10 Å². The van der Waals surface area contributed by atoms with Crippen molar-refractivity contribution in [3.8, 4) is 5.75 Å². The van der Waals surface area contributed by atoms with Gasteiger partial charge in [-0.1, -0.05) is 12.1 Å². The third-order valence-corrected chi connectivity index (χ3v) is 3.25. The van der Waals surface area contributed by atoms with Crippen molar-refractivity contribution in [2.45, 2.75) is 12.6 Å². The van der Waals surface area contributed by atoms with Crippen LogP contribution in [-0.2, 0) is 6.54 Å². The zero-order valence-electron chi connectivity index (χ0n) is 12.5. The Bertz CT molecular complexity index is 598. The van der Waals surface area contributed by atoms with Gasteiger partial charge in [0.15, 0.2) is 5.75 Å². The van der Waals surface area contributed by atoms with Gasteiger partial charge < -0.3 is 14.7 Å². The summed E-state index contributed by atoms with van der Waals surface area (Å²) >= 11 is 0. The van der Waals surface area contributed by atoms with Crippen LogP contribution in [0, 0.1) is 5.82 Å². The number of likely N-dealkylation sites (N-methyl/N-ethyl adjacent to an activating group) is 1. The van der Waals surface area contributed by atoms with Crippen LogP contribution in [0.25, 0.3) is 0 Å². The van der Waals surface area contributed by atoms with Crippen LogP contribution in [0.4, 0.5) is 4.39 Å². The fraction of sp³-hybridized carbons (Fsp3) is 0.400. The van der Waals surface area contributed by atoms with Gasteiger partial charge in [-0.25, -0.2) is 4.39 Å². The summed E-state index contributed by atoms with van der Waals surface area (Å²) < 4.78 is 20.3. The summed E-state index contributed by atoms with van der Waals surface area (Å²) in [4.78, 5) is 2.02. The summed E-state index contributed by atoms with van der Waals surface area (Å²) in [5.41, 5.74) is 1.00. The van der Waals surface area contributed by atoms with E-state index in [0.717, 1.165) is 6.54 Å². The summed E-state index contributed by atoms with van der Waals surface area (Å²) in [5, 5.41) is 14.8. The quantitative estimate of drug-likeness (QED) is 0.880. The van der Waals surface area contributed by atoms with Crippen molar-refractivity contribution in [2.24, 2.45) is 0 Å². The molecular weight excluding hydrogens is 273 g/mol. The zero-order chi connectivity index (χ0) is 15.4. The van der Waals surface area contributed by atoms with E-state index in [1.807, 2.05) is 19.0 Å². The second-order valence-corrected chi connectivity index (χ2v) is 5.08. The minimum Gasteiger partial charge on any atom is -0.493 e. The number of hydrogen-bond acceptors (Lipinski definition) is 4. The number of benzene rings is 1. The van der Waals surface area contributed by atoms with Crippen LogP contribution in [0.1, 0.15) is 17.4 Å². The SMILES string of the molecule is COc1cnn(CCN(C)C)c1C(O)c1cccc(F)c1. The Morgan fingerprint density at radius 3 is 2.81 bits per heavy atom. The predicted molar refractivity (Wildman–Crippen MR) is 77.8 cm³/mol. The summed E-state index contributed by atoms with van der Waals surface area (Å²) in [6, 6.07) is 5.90. The number of aliphatic hydroxyl groups excluding tert-OH is 1. The maximum atomic E-state index is 13.3. The second-order valence-electron chi connectivity index (χ2n) is 5.08. The minimum absolute atomic E-state index is 0.384. The maximum Gasteiger partial charge on any atom is 0.163 e. The summed E-state index contributed by atoms with van der Waals surface area (Å²) in [5.74, 6) is 0.107. The van der Waals surface area contributed by atoms with E-state index in [1.165, 1.54) is 19.2 Å². The first-order chi connectivity index (χ1) is 10.0. The minimum atomic E-state index is -0.986. The zero-order valence-corrected chi connectivity index (χ0v) is 12.5. The van der Waals surface area contributed by atoms with E-state index < -0.39 is 6.10 Å². The Hall–Kier alpha value is -1.92. The Balaban J connectivity index is 2.34. The number of aliphatic hydroxyl groups is 1. The molecule has 1 heterocycles. The molecule has 1 N–H and O–H groups in total. The Labute approximate surface area is 123 Å². The van der Waals surface area contributed by atoms with Crippen LogP contribution in [0.15, 0.2) is 30.5 Å². The molecule has 2 rings (SSSR count). The number of rotatable bonds is 6. The van der Waals surface area contributed by atoms with Crippen LogP contribution in [-0.4, -0.2) is 47.5 Å². The maximum absolute atomic E-state index is 13.3. The molecule has 1 aromatic carbocycles. The highest BCUT2D eigenvalue weighted by Crippen LogP contribution is 2.30. The molecule has 114 valence electrons. The number of methoxy groups -OCH3 is 1. The molecule has 0 amide bonds. The monoisotopic (exact) mass is 293 g/mol. The first-order valence-electron chi connectivity index (χ1n) is 6.71. The number of aromatic nitrogens is 2. The highest BCUT2D eigenvalue weighted by Gasteiger charge is 2.22. The van der Waals surface area contributed by atoms with Gasteiger partial charge in [-0.2, -0.15) is 5.10 Å². The molecule has 5 nitrogen and oxygen atoms in total. The van der Waals surface area contributed by atoms with Gasteiger partial charge in [0.2, 0.25) is 0 Å². The van der Waals surface area contributed by atoms with Gasteiger partial charge >= 0.3 is 0 Å². The summed E-state index contributed by atoms with van der Waals surface area (Å²) in [6.07, 6.45) is 0.577. The Morgan fingerprint density at radius 1 is 1.43 bits per heavy atom. The predicted octanol–water partition coefficient (Wildman–Crippen LogP) is 1.67. The third kappa shape index (κ3) is 3.59. The van der Waals surface area contributed by atoms with E-state index in [1.54, 1.807) is 23.0 Å². The van der Waals surface area contributed by atoms with E-state index in [9.17, 15) is 9.50 Å². The van der Waals surface area contributed by atoms with Crippen molar-refractivity contribution in [1.82, 2.24) is 14.7 Å². The molecule has 2 aromatic rings. The van der Waals surface area contributed by atoms with Crippen molar-refractivity contribution < 1.29 is 14.2 Å². The van der Waals surface area contributed by atoms with Gasteiger partial charge in [0.05, 0.1) is 19.9 Å². The lowest BCUT2D eigenvalue weighted by atomic mass is 10.1. The standard InChI is InChI=1S/C15H20FN3O2/c1-18(2)7-8-19-14(13(21-3)10-17-19)15(20)11-5-4-6-12(16)9-11/h4-6,9-10,15,20H,7-8H2,1-3H3. The van der Waals surface area contributed by atoms with Crippen molar-refractivity contribution in [3.05, 3.63) is 47.5 Å².